The molecule has 32 heavy (non-hydrogen) atoms. The lowest BCUT2D eigenvalue weighted by molar-refractivity contribution is -0.138. The molecule has 4 atom stereocenters. The van der Waals surface area contributed by atoms with Crippen LogP contribution in [0.2, 0.25) is 0 Å². The quantitative estimate of drug-likeness (QED) is 0.581. The summed E-state index contributed by atoms with van der Waals surface area (Å²) < 4.78 is 5.29. The molecule has 6 nitrogen and oxygen atoms in total. The summed E-state index contributed by atoms with van der Waals surface area (Å²) in [6, 6.07) is 10.5. The van der Waals surface area contributed by atoms with Crippen molar-refractivity contribution in [1.82, 2.24) is 14.7 Å². The zero-order chi connectivity index (χ0) is 22.5. The Labute approximate surface area is 192 Å². The number of piperidine rings is 2. The third-order valence-electron chi connectivity index (χ3n) is 7.82. The Hall–Kier alpha value is -1.92. The topological polar surface area (TPSA) is 53.1 Å². The van der Waals surface area contributed by atoms with Crippen LogP contribution in [0.1, 0.15) is 56.6 Å². The Morgan fingerprint density at radius 3 is 2.69 bits per heavy atom. The minimum Gasteiger partial charge on any atom is -0.385 e. The Morgan fingerprint density at radius 1 is 1.12 bits per heavy atom. The lowest BCUT2D eigenvalue weighted by Gasteiger charge is -2.46. The number of hydrogen-bond donors (Lipinski definition) is 0. The van der Waals surface area contributed by atoms with E-state index in [9.17, 15) is 9.59 Å². The van der Waals surface area contributed by atoms with Gasteiger partial charge in [-0.25, -0.2) is 0 Å². The first-order chi connectivity index (χ1) is 15.6. The average Bonchev–Trinajstić information content (AvgIpc) is 3.13. The Kier molecular flexibility index (Phi) is 7.84. The molecule has 3 saturated heterocycles. The highest BCUT2D eigenvalue weighted by Gasteiger charge is 2.45. The van der Waals surface area contributed by atoms with E-state index in [1.165, 1.54) is 45.2 Å². The molecule has 0 spiro atoms. The van der Waals surface area contributed by atoms with Gasteiger partial charge in [-0.2, -0.15) is 0 Å². The SMILES string of the molecule is COCCCN(C[C@@H]1CCCN2CCCC[C@H]12)C(=O)[C@@H]1CC(=O)N(C)[C@H]1c1ccccc1. The van der Waals surface area contributed by atoms with Gasteiger partial charge in [-0.3, -0.25) is 9.59 Å². The Bertz CT molecular complexity index is 769. The predicted molar refractivity (Wildman–Crippen MR) is 125 cm³/mol. The number of likely N-dealkylation sites (tertiary alicyclic amines) is 1. The zero-order valence-corrected chi connectivity index (χ0v) is 19.7. The second-order valence-corrected chi connectivity index (χ2v) is 9.80. The van der Waals surface area contributed by atoms with Crippen LogP contribution in [0, 0.1) is 11.8 Å². The summed E-state index contributed by atoms with van der Waals surface area (Å²) in [6.45, 7) is 4.56. The number of benzene rings is 1. The molecular weight excluding hydrogens is 402 g/mol. The number of methoxy groups -OCH3 is 1. The van der Waals surface area contributed by atoms with Crippen molar-refractivity contribution in [3.05, 3.63) is 35.9 Å². The molecule has 3 aliphatic heterocycles. The highest BCUT2D eigenvalue weighted by molar-refractivity contribution is 5.90. The summed E-state index contributed by atoms with van der Waals surface area (Å²) in [4.78, 5) is 33.1. The van der Waals surface area contributed by atoms with Gasteiger partial charge in [0.05, 0.1) is 12.0 Å². The lowest BCUT2D eigenvalue weighted by Crippen LogP contribution is -2.52. The largest absolute Gasteiger partial charge is 0.385 e. The minimum atomic E-state index is -0.316. The van der Waals surface area contributed by atoms with Gasteiger partial charge < -0.3 is 19.4 Å². The monoisotopic (exact) mass is 441 g/mol. The Balaban J connectivity index is 1.53. The molecule has 6 heteroatoms. The van der Waals surface area contributed by atoms with Crippen LogP contribution in [0.25, 0.3) is 0 Å². The smallest absolute Gasteiger partial charge is 0.228 e. The molecular formula is C26H39N3O3. The van der Waals surface area contributed by atoms with Crippen LogP contribution in [0.5, 0.6) is 0 Å². The van der Waals surface area contributed by atoms with Crippen LogP contribution in [0.4, 0.5) is 0 Å². The van der Waals surface area contributed by atoms with Gasteiger partial charge in [0, 0.05) is 46.3 Å². The van der Waals surface area contributed by atoms with E-state index in [0.29, 0.717) is 31.5 Å². The number of ether oxygens (including phenoxy) is 1. The minimum absolute atomic E-state index is 0.0603. The molecule has 1 aromatic rings. The van der Waals surface area contributed by atoms with Crippen molar-refractivity contribution in [2.45, 2.75) is 57.0 Å². The summed E-state index contributed by atoms with van der Waals surface area (Å²) >= 11 is 0. The van der Waals surface area contributed by atoms with Gasteiger partial charge in [0.25, 0.3) is 0 Å². The first-order valence-corrected chi connectivity index (χ1v) is 12.4. The van der Waals surface area contributed by atoms with Crippen molar-refractivity contribution in [1.29, 1.82) is 0 Å². The highest BCUT2D eigenvalue weighted by Crippen LogP contribution is 2.39. The third-order valence-corrected chi connectivity index (χ3v) is 7.82. The van der Waals surface area contributed by atoms with Crippen LogP contribution in [0.3, 0.4) is 0 Å². The van der Waals surface area contributed by atoms with Gasteiger partial charge in [0.15, 0.2) is 0 Å². The second kappa shape index (κ2) is 10.8. The van der Waals surface area contributed by atoms with E-state index in [4.69, 9.17) is 4.74 Å². The molecule has 4 rings (SSSR count). The van der Waals surface area contributed by atoms with Crippen molar-refractivity contribution in [2.75, 3.05) is 46.9 Å². The fraction of sp³-hybridized carbons (Fsp3) is 0.692. The first kappa shape index (κ1) is 23.2. The zero-order valence-electron chi connectivity index (χ0n) is 19.7. The second-order valence-electron chi connectivity index (χ2n) is 9.80. The van der Waals surface area contributed by atoms with E-state index in [1.807, 2.05) is 37.4 Å². The van der Waals surface area contributed by atoms with Crippen molar-refractivity contribution in [3.63, 3.8) is 0 Å². The molecule has 176 valence electrons. The number of carbonyl (C=O) groups is 2. The van der Waals surface area contributed by atoms with Crippen LogP contribution in [-0.4, -0.2) is 79.5 Å². The molecule has 1 aromatic carbocycles. The maximum absolute atomic E-state index is 13.9. The molecule has 3 fully saturated rings. The number of hydrogen-bond acceptors (Lipinski definition) is 4. The maximum Gasteiger partial charge on any atom is 0.228 e. The van der Waals surface area contributed by atoms with E-state index >= 15 is 0 Å². The number of nitrogens with zero attached hydrogens (tertiary/aromatic N) is 3. The molecule has 0 saturated carbocycles. The summed E-state index contributed by atoms with van der Waals surface area (Å²) in [5, 5.41) is 0. The summed E-state index contributed by atoms with van der Waals surface area (Å²) in [5.41, 5.74) is 1.05. The van der Waals surface area contributed by atoms with Crippen molar-refractivity contribution in [2.24, 2.45) is 11.8 Å². The number of fused-ring (bicyclic) bond motifs is 1. The maximum atomic E-state index is 13.9. The van der Waals surface area contributed by atoms with Crippen molar-refractivity contribution in [3.8, 4) is 0 Å². The number of amides is 2. The molecule has 0 aromatic heterocycles. The molecule has 3 aliphatic rings. The molecule has 3 heterocycles. The van der Waals surface area contributed by atoms with Crippen LogP contribution >= 0.6 is 0 Å². The van der Waals surface area contributed by atoms with Gasteiger partial charge in [-0.1, -0.05) is 36.8 Å². The normalized spacial score (nSPS) is 28.6. The summed E-state index contributed by atoms with van der Waals surface area (Å²) in [7, 11) is 3.55. The number of rotatable bonds is 8. The van der Waals surface area contributed by atoms with E-state index < -0.39 is 0 Å². The average molecular weight is 442 g/mol. The Morgan fingerprint density at radius 2 is 1.91 bits per heavy atom. The van der Waals surface area contributed by atoms with Crippen molar-refractivity contribution < 1.29 is 14.3 Å². The molecule has 2 amide bonds. The molecule has 0 aliphatic carbocycles. The standard InChI is InChI=1S/C26H39N3O3/c1-27-24(30)18-22(25(27)20-10-4-3-5-11-20)26(31)29(16-9-17-32-2)19-21-12-8-15-28-14-7-6-13-23(21)28/h3-5,10-11,21-23,25H,6-9,12-19H2,1-2H3/t21-,22+,23+,25-/m0/s1. The van der Waals surface area contributed by atoms with Crippen LogP contribution in [0.15, 0.2) is 30.3 Å². The van der Waals surface area contributed by atoms with E-state index in [-0.39, 0.29) is 23.8 Å². The van der Waals surface area contributed by atoms with Gasteiger partial charge in [-0.05, 0) is 56.7 Å². The highest BCUT2D eigenvalue weighted by atomic mass is 16.5. The van der Waals surface area contributed by atoms with E-state index in [1.54, 1.807) is 12.0 Å². The van der Waals surface area contributed by atoms with Crippen LogP contribution < -0.4 is 0 Å². The third kappa shape index (κ3) is 5.01. The van der Waals surface area contributed by atoms with Gasteiger partial charge in [-0.15, -0.1) is 0 Å². The van der Waals surface area contributed by atoms with E-state index in [0.717, 1.165) is 18.5 Å². The molecule has 0 unspecified atom stereocenters. The van der Waals surface area contributed by atoms with Gasteiger partial charge >= 0.3 is 0 Å². The molecule has 0 radical (unpaired) electrons. The van der Waals surface area contributed by atoms with E-state index in [2.05, 4.69) is 9.80 Å². The van der Waals surface area contributed by atoms with Gasteiger partial charge in [0.1, 0.15) is 0 Å². The predicted octanol–water partition coefficient (Wildman–Crippen LogP) is 3.34. The first-order valence-electron chi connectivity index (χ1n) is 12.4. The summed E-state index contributed by atoms with van der Waals surface area (Å²) in [6.07, 6.45) is 7.40. The fourth-order valence-electron chi connectivity index (χ4n) is 6.20. The molecule has 0 bridgehead atoms. The van der Waals surface area contributed by atoms with Crippen LogP contribution in [-0.2, 0) is 14.3 Å². The number of carbonyl (C=O) groups excluding carboxylic acids is 2. The lowest BCUT2D eigenvalue weighted by atomic mass is 9.83. The van der Waals surface area contributed by atoms with Crippen molar-refractivity contribution >= 4 is 11.8 Å². The molecule has 0 N–H and O–H groups in total. The fourth-order valence-corrected chi connectivity index (χ4v) is 6.20. The summed E-state index contributed by atoms with van der Waals surface area (Å²) in [5.74, 6) is 0.412. The van der Waals surface area contributed by atoms with Gasteiger partial charge in [0.2, 0.25) is 11.8 Å².